The Morgan fingerprint density at radius 1 is 1.00 bits per heavy atom. The summed E-state index contributed by atoms with van der Waals surface area (Å²) < 4.78 is 0. The maximum atomic E-state index is 5.07. The van der Waals surface area contributed by atoms with Crippen LogP contribution in [0.1, 0.15) is 0 Å². The minimum Gasteiger partial charge on any atom is -0.327 e. The van der Waals surface area contributed by atoms with E-state index in [0.29, 0.717) is 13.1 Å². The predicted octanol–water partition coefficient (Wildman–Crippen LogP) is -0.118. The second-order valence-corrected chi connectivity index (χ2v) is 0.943. The smallest absolute Gasteiger partial charge is 0.0107 e. The van der Waals surface area contributed by atoms with Crippen LogP contribution in [0.5, 0.6) is 0 Å². The first-order valence-corrected chi connectivity index (χ1v) is 1.97. The van der Waals surface area contributed by atoms with Gasteiger partial charge in [-0.25, -0.2) is 0 Å². The minimum atomic E-state index is 0. The molecule has 0 saturated heterocycles. The van der Waals surface area contributed by atoms with Gasteiger partial charge in [0, 0.05) is 13.1 Å². The molecule has 0 aromatic heterocycles. The van der Waals surface area contributed by atoms with Crippen molar-refractivity contribution >= 4 is 12.4 Å². The average molecular weight is 123 g/mol. The summed E-state index contributed by atoms with van der Waals surface area (Å²) in [6.07, 6.45) is 3.67. The van der Waals surface area contributed by atoms with E-state index in [1.807, 2.05) is 12.2 Å². The van der Waals surface area contributed by atoms with Crippen LogP contribution in [0.25, 0.3) is 0 Å². The topological polar surface area (TPSA) is 52.0 Å². The first kappa shape index (κ1) is 10.0. The molecule has 0 bridgehead atoms. The molecule has 0 aliphatic rings. The van der Waals surface area contributed by atoms with E-state index in [4.69, 9.17) is 11.5 Å². The van der Waals surface area contributed by atoms with Gasteiger partial charge in [0.15, 0.2) is 0 Å². The molecule has 0 spiro atoms. The molecule has 0 rings (SSSR count). The Kier molecular flexibility index (Phi) is 13.4. The SMILES string of the molecule is Cl.NCC=CCN. The van der Waals surface area contributed by atoms with Gasteiger partial charge in [-0.1, -0.05) is 12.2 Å². The molecule has 2 nitrogen and oxygen atoms in total. The van der Waals surface area contributed by atoms with Gasteiger partial charge in [-0.3, -0.25) is 0 Å². The second kappa shape index (κ2) is 9.34. The Hall–Kier alpha value is -0.0500. The van der Waals surface area contributed by atoms with Crippen molar-refractivity contribution in [2.75, 3.05) is 13.1 Å². The molecule has 0 aliphatic carbocycles. The van der Waals surface area contributed by atoms with Crippen LogP contribution in [-0.2, 0) is 0 Å². The lowest BCUT2D eigenvalue weighted by Gasteiger charge is -1.74. The van der Waals surface area contributed by atoms with Gasteiger partial charge in [0.25, 0.3) is 0 Å². The van der Waals surface area contributed by atoms with Gasteiger partial charge in [0.1, 0.15) is 0 Å². The average Bonchev–Trinajstić information content (AvgIpc) is 1.61. The summed E-state index contributed by atoms with van der Waals surface area (Å²) in [4.78, 5) is 0. The normalized spacial score (nSPS) is 8.86. The lowest BCUT2D eigenvalue weighted by atomic mass is 10.5. The fraction of sp³-hybridized carbons (Fsp3) is 0.500. The zero-order valence-electron chi connectivity index (χ0n) is 4.13. The molecule has 0 fully saturated rings. The van der Waals surface area contributed by atoms with Crippen molar-refractivity contribution < 1.29 is 0 Å². The van der Waals surface area contributed by atoms with Gasteiger partial charge >= 0.3 is 0 Å². The lowest BCUT2D eigenvalue weighted by Crippen LogP contribution is -1.97. The minimum absolute atomic E-state index is 0. The Balaban J connectivity index is 0. The van der Waals surface area contributed by atoms with Crippen LogP contribution in [0, 0.1) is 0 Å². The molecule has 0 atom stereocenters. The van der Waals surface area contributed by atoms with Crippen LogP contribution in [0.2, 0.25) is 0 Å². The largest absolute Gasteiger partial charge is 0.327 e. The fourth-order valence-corrected chi connectivity index (χ4v) is 0.192. The number of halogens is 1. The summed E-state index contributed by atoms with van der Waals surface area (Å²) in [7, 11) is 0. The Labute approximate surface area is 50.0 Å². The van der Waals surface area contributed by atoms with Crippen LogP contribution >= 0.6 is 12.4 Å². The number of nitrogens with two attached hydrogens (primary N) is 2. The third kappa shape index (κ3) is 10.7. The van der Waals surface area contributed by atoms with Crippen molar-refractivity contribution in [2.45, 2.75) is 0 Å². The van der Waals surface area contributed by atoms with E-state index in [1.165, 1.54) is 0 Å². The summed E-state index contributed by atoms with van der Waals surface area (Å²) in [5, 5.41) is 0. The van der Waals surface area contributed by atoms with Crippen LogP contribution in [0.3, 0.4) is 0 Å². The highest BCUT2D eigenvalue weighted by molar-refractivity contribution is 5.85. The molecule has 0 unspecified atom stereocenters. The molecule has 0 saturated carbocycles. The van der Waals surface area contributed by atoms with Crippen LogP contribution < -0.4 is 11.5 Å². The van der Waals surface area contributed by atoms with Crippen molar-refractivity contribution in [3.05, 3.63) is 12.2 Å². The van der Waals surface area contributed by atoms with Gasteiger partial charge in [0.05, 0.1) is 0 Å². The highest BCUT2D eigenvalue weighted by Gasteiger charge is 1.59. The van der Waals surface area contributed by atoms with E-state index in [2.05, 4.69) is 0 Å². The van der Waals surface area contributed by atoms with E-state index in [9.17, 15) is 0 Å². The van der Waals surface area contributed by atoms with Crippen LogP contribution in [-0.4, -0.2) is 13.1 Å². The second-order valence-electron chi connectivity index (χ2n) is 0.943. The molecule has 0 aromatic rings. The summed E-state index contributed by atoms with van der Waals surface area (Å²) >= 11 is 0. The molecule has 7 heavy (non-hydrogen) atoms. The van der Waals surface area contributed by atoms with Crippen molar-refractivity contribution in [2.24, 2.45) is 11.5 Å². The zero-order chi connectivity index (χ0) is 4.83. The van der Waals surface area contributed by atoms with Gasteiger partial charge < -0.3 is 11.5 Å². The van der Waals surface area contributed by atoms with Gasteiger partial charge in [0.2, 0.25) is 0 Å². The zero-order valence-corrected chi connectivity index (χ0v) is 4.95. The molecular weight excluding hydrogens is 112 g/mol. The van der Waals surface area contributed by atoms with Crippen molar-refractivity contribution in [3.63, 3.8) is 0 Å². The molecule has 44 valence electrons. The predicted molar refractivity (Wildman–Crippen MR) is 34.5 cm³/mol. The summed E-state index contributed by atoms with van der Waals surface area (Å²) in [5.41, 5.74) is 10.1. The number of hydrogen-bond donors (Lipinski definition) is 2. The third-order valence-corrected chi connectivity index (χ3v) is 0.439. The van der Waals surface area contributed by atoms with E-state index in [1.54, 1.807) is 0 Å². The van der Waals surface area contributed by atoms with Crippen LogP contribution in [0.15, 0.2) is 12.2 Å². The van der Waals surface area contributed by atoms with Crippen molar-refractivity contribution in [1.29, 1.82) is 0 Å². The van der Waals surface area contributed by atoms with Crippen molar-refractivity contribution in [1.82, 2.24) is 0 Å². The highest BCUT2D eigenvalue weighted by atomic mass is 35.5. The van der Waals surface area contributed by atoms with Gasteiger partial charge in [-0.05, 0) is 0 Å². The van der Waals surface area contributed by atoms with E-state index < -0.39 is 0 Å². The number of hydrogen-bond acceptors (Lipinski definition) is 2. The molecular formula is C4H11ClN2. The quantitative estimate of drug-likeness (QED) is 0.502. The Bertz CT molecular complexity index is 39.0. The monoisotopic (exact) mass is 122 g/mol. The van der Waals surface area contributed by atoms with Crippen LogP contribution in [0.4, 0.5) is 0 Å². The summed E-state index contributed by atoms with van der Waals surface area (Å²) in [5.74, 6) is 0. The van der Waals surface area contributed by atoms with E-state index in [-0.39, 0.29) is 12.4 Å². The molecule has 0 heterocycles. The Morgan fingerprint density at radius 3 is 1.43 bits per heavy atom. The summed E-state index contributed by atoms with van der Waals surface area (Å²) in [6, 6.07) is 0. The maximum absolute atomic E-state index is 5.07. The molecule has 0 aliphatic heterocycles. The molecule has 4 N–H and O–H groups in total. The number of rotatable bonds is 2. The molecule has 0 amide bonds. The summed E-state index contributed by atoms with van der Waals surface area (Å²) in [6.45, 7) is 1.19. The standard InChI is InChI=1S/C4H10N2.ClH/c5-3-1-2-4-6;/h1-2H,3-6H2;1H. The van der Waals surface area contributed by atoms with Gasteiger partial charge in [-0.2, -0.15) is 0 Å². The van der Waals surface area contributed by atoms with Crippen molar-refractivity contribution in [3.8, 4) is 0 Å². The first-order valence-electron chi connectivity index (χ1n) is 1.97. The van der Waals surface area contributed by atoms with Gasteiger partial charge in [-0.15, -0.1) is 12.4 Å². The lowest BCUT2D eigenvalue weighted by molar-refractivity contribution is 1.20. The molecule has 0 aromatic carbocycles. The third-order valence-electron chi connectivity index (χ3n) is 0.439. The van der Waals surface area contributed by atoms with E-state index in [0.717, 1.165) is 0 Å². The first-order chi connectivity index (χ1) is 2.91. The Morgan fingerprint density at radius 2 is 1.29 bits per heavy atom. The van der Waals surface area contributed by atoms with E-state index >= 15 is 0 Å². The molecule has 0 radical (unpaired) electrons. The highest BCUT2D eigenvalue weighted by Crippen LogP contribution is 1.58. The fourth-order valence-electron chi connectivity index (χ4n) is 0.192. The molecule has 3 heteroatoms. The maximum Gasteiger partial charge on any atom is 0.0107 e.